The van der Waals surface area contributed by atoms with Crippen LogP contribution in [0.2, 0.25) is 5.02 Å². The van der Waals surface area contributed by atoms with Crippen LogP contribution in [0.5, 0.6) is 0 Å². The molecule has 7 nitrogen and oxygen atoms in total. The number of anilines is 1. The predicted molar refractivity (Wildman–Crippen MR) is 113 cm³/mol. The molecular formula is C21H22ClN5O2. The number of aromatic nitrogens is 2. The van der Waals surface area contributed by atoms with Crippen LogP contribution in [-0.4, -0.2) is 39.8 Å². The van der Waals surface area contributed by atoms with E-state index < -0.39 is 11.9 Å². The highest BCUT2D eigenvalue weighted by molar-refractivity contribution is 6.31. The van der Waals surface area contributed by atoms with E-state index in [1.807, 2.05) is 11.8 Å². The molecule has 1 aliphatic heterocycles. The zero-order valence-corrected chi connectivity index (χ0v) is 16.8. The molecule has 4 rings (SSSR count). The van der Waals surface area contributed by atoms with Crippen LogP contribution in [0.15, 0.2) is 36.4 Å². The molecule has 0 bridgehead atoms. The first kappa shape index (κ1) is 19.4. The largest absolute Gasteiger partial charge is 0.340 e. The van der Waals surface area contributed by atoms with Crippen molar-refractivity contribution in [1.82, 2.24) is 14.9 Å². The van der Waals surface area contributed by atoms with E-state index in [1.54, 1.807) is 36.4 Å². The van der Waals surface area contributed by atoms with Crippen molar-refractivity contribution in [1.29, 1.82) is 0 Å². The Kier molecular flexibility index (Phi) is 5.25. The van der Waals surface area contributed by atoms with Crippen molar-refractivity contribution in [2.75, 3.05) is 18.4 Å². The molecular weight excluding hydrogens is 390 g/mol. The molecule has 8 heteroatoms. The van der Waals surface area contributed by atoms with Crippen molar-refractivity contribution in [3.05, 3.63) is 58.4 Å². The molecule has 4 N–H and O–H groups in total. The summed E-state index contributed by atoms with van der Waals surface area (Å²) in [6.07, 6.45) is 2.09. The number of nitrogens with two attached hydrogens (primary N) is 1. The Labute approximate surface area is 173 Å². The van der Waals surface area contributed by atoms with E-state index in [1.165, 1.54) is 0 Å². The maximum Gasteiger partial charge on any atom is 0.254 e. The smallest absolute Gasteiger partial charge is 0.254 e. The van der Waals surface area contributed by atoms with Gasteiger partial charge in [0.15, 0.2) is 0 Å². The highest BCUT2D eigenvalue weighted by Gasteiger charge is 2.22. The molecule has 1 aliphatic rings. The summed E-state index contributed by atoms with van der Waals surface area (Å²) in [5, 5.41) is 3.37. The predicted octanol–water partition coefficient (Wildman–Crippen LogP) is 3.40. The number of fused-ring (bicyclic) bond motifs is 1. The van der Waals surface area contributed by atoms with Gasteiger partial charge in [-0.3, -0.25) is 9.59 Å². The molecule has 2 amide bonds. The Morgan fingerprint density at radius 2 is 1.97 bits per heavy atom. The van der Waals surface area contributed by atoms with E-state index in [0.717, 1.165) is 37.0 Å². The zero-order valence-electron chi connectivity index (χ0n) is 16.0. The van der Waals surface area contributed by atoms with Crippen molar-refractivity contribution in [3.8, 4) is 0 Å². The van der Waals surface area contributed by atoms with E-state index in [0.29, 0.717) is 27.6 Å². The first-order chi connectivity index (χ1) is 13.9. The topological polar surface area (TPSA) is 104 Å². The number of carbonyl (C=O) groups excluding carboxylic acids is 2. The number of hydrogen-bond donors (Lipinski definition) is 3. The zero-order chi connectivity index (χ0) is 20.5. The van der Waals surface area contributed by atoms with Crippen molar-refractivity contribution in [3.63, 3.8) is 0 Å². The fourth-order valence-corrected chi connectivity index (χ4v) is 3.74. The number of rotatable bonds is 4. The number of aromatic amines is 1. The van der Waals surface area contributed by atoms with Crippen LogP contribution >= 0.6 is 11.6 Å². The summed E-state index contributed by atoms with van der Waals surface area (Å²) in [5.74, 6) is 0.000932. The highest BCUT2D eigenvalue weighted by Crippen LogP contribution is 2.22. The van der Waals surface area contributed by atoms with E-state index in [-0.39, 0.29) is 5.91 Å². The van der Waals surface area contributed by atoms with Gasteiger partial charge in [0.1, 0.15) is 11.9 Å². The third-order valence-electron chi connectivity index (χ3n) is 5.16. The second-order valence-corrected chi connectivity index (χ2v) is 7.72. The van der Waals surface area contributed by atoms with Gasteiger partial charge in [-0.25, -0.2) is 4.98 Å². The molecule has 1 saturated heterocycles. The van der Waals surface area contributed by atoms with E-state index >= 15 is 0 Å². The van der Waals surface area contributed by atoms with Crippen LogP contribution < -0.4 is 11.1 Å². The quantitative estimate of drug-likeness (QED) is 0.612. The van der Waals surface area contributed by atoms with Gasteiger partial charge in [0.25, 0.3) is 5.91 Å². The third kappa shape index (κ3) is 3.97. The molecule has 0 radical (unpaired) electrons. The van der Waals surface area contributed by atoms with Gasteiger partial charge in [0, 0.05) is 29.4 Å². The molecule has 29 heavy (non-hydrogen) atoms. The van der Waals surface area contributed by atoms with Crippen LogP contribution in [-0.2, 0) is 4.79 Å². The summed E-state index contributed by atoms with van der Waals surface area (Å²) in [4.78, 5) is 34.5. The van der Waals surface area contributed by atoms with Gasteiger partial charge in [-0.05, 0) is 61.7 Å². The van der Waals surface area contributed by atoms with Crippen molar-refractivity contribution < 1.29 is 9.59 Å². The number of likely N-dealkylation sites (tertiary alicyclic amines) is 1. The third-order valence-corrected chi connectivity index (χ3v) is 5.39. The van der Waals surface area contributed by atoms with Crippen molar-refractivity contribution >= 4 is 40.1 Å². The van der Waals surface area contributed by atoms with Gasteiger partial charge in [-0.15, -0.1) is 0 Å². The highest BCUT2D eigenvalue weighted by atomic mass is 35.5. The summed E-state index contributed by atoms with van der Waals surface area (Å²) >= 11 is 5.98. The summed E-state index contributed by atoms with van der Waals surface area (Å²) < 4.78 is 0. The lowest BCUT2D eigenvalue weighted by atomic mass is 10.1. The van der Waals surface area contributed by atoms with Crippen molar-refractivity contribution in [2.45, 2.75) is 25.8 Å². The lowest BCUT2D eigenvalue weighted by Crippen LogP contribution is -2.29. The number of benzene rings is 2. The number of amides is 2. The average molecular weight is 412 g/mol. The molecule has 3 aromatic rings. The molecule has 1 unspecified atom stereocenters. The van der Waals surface area contributed by atoms with E-state index in [9.17, 15) is 9.59 Å². The van der Waals surface area contributed by atoms with Crippen LogP contribution in [0.4, 0.5) is 5.69 Å². The number of hydrogen-bond acceptors (Lipinski definition) is 4. The minimum Gasteiger partial charge on any atom is -0.340 e. The monoisotopic (exact) mass is 411 g/mol. The Bertz CT molecular complexity index is 1090. The summed E-state index contributed by atoms with van der Waals surface area (Å²) in [5.41, 5.74) is 9.55. The van der Waals surface area contributed by atoms with Gasteiger partial charge in [0.2, 0.25) is 5.91 Å². The standard InChI is InChI=1S/C21H22ClN5O2/c1-12-10-14(5-6-15(12)21(29)27-8-2-3-9-27)24-20(28)18(23)19-25-16-7-4-13(22)11-17(16)26-19/h4-7,10-11,18H,2-3,8-9,23H2,1H3,(H,24,28)(H,25,26). The van der Waals surface area contributed by atoms with E-state index in [4.69, 9.17) is 17.3 Å². The lowest BCUT2D eigenvalue weighted by molar-refractivity contribution is -0.117. The molecule has 0 spiro atoms. The van der Waals surface area contributed by atoms with Gasteiger partial charge < -0.3 is 20.9 Å². The number of nitrogens with one attached hydrogen (secondary N) is 2. The number of nitrogens with zero attached hydrogens (tertiary/aromatic N) is 2. The van der Waals surface area contributed by atoms with Gasteiger partial charge in [-0.1, -0.05) is 11.6 Å². The van der Waals surface area contributed by atoms with Crippen LogP contribution in [0.3, 0.4) is 0 Å². The van der Waals surface area contributed by atoms with Crippen LogP contribution in [0.1, 0.15) is 40.6 Å². The normalized spacial score (nSPS) is 14.9. The number of halogens is 1. The average Bonchev–Trinajstić information content (AvgIpc) is 3.36. The van der Waals surface area contributed by atoms with Gasteiger partial charge >= 0.3 is 0 Å². The second-order valence-electron chi connectivity index (χ2n) is 7.28. The first-order valence-corrected chi connectivity index (χ1v) is 9.92. The number of carbonyl (C=O) groups is 2. The number of aryl methyl sites for hydroxylation is 1. The minimum atomic E-state index is -0.965. The van der Waals surface area contributed by atoms with Crippen LogP contribution in [0.25, 0.3) is 11.0 Å². The molecule has 150 valence electrons. The Morgan fingerprint density at radius 1 is 1.21 bits per heavy atom. The minimum absolute atomic E-state index is 0.0375. The molecule has 1 fully saturated rings. The maximum absolute atomic E-state index is 12.6. The maximum atomic E-state index is 12.6. The summed E-state index contributed by atoms with van der Waals surface area (Å²) in [7, 11) is 0. The van der Waals surface area contributed by atoms with Crippen LogP contribution in [0, 0.1) is 6.92 Å². The fraction of sp³-hybridized carbons (Fsp3) is 0.286. The Morgan fingerprint density at radius 3 is 2.69 bits per heavy atom. The summed E-state index contributed by atoms with van der Waals surface area (Å²) in [6.45, 7) is 3.46. The lowest BCUT2D eigenvalue weighted by Gasteiger charge is -2.17. The molecule has 2 heterocycles. The van der Waals surface area contributed by atoms with Gasteiger partial charge in [-0.2, -0.15) is 0 Å². The summed E-state index contributed by atoms with van der Waals surface area (Å²) in [6, 6.07) is 9.52. The molecule has 2 aromatic carbocycles. The number of H-pyrrole nitrogens is 1. The molecule has 1 atom stereocenters. The second kappa shape index (κ2) is 7.85. The van der Waals surface area contributed by atoms with E-state index in [2.05, 4.69) is 15.3 Å². The molecule has 0 saturated carbocycles. The Balaban J connectivity index is 1.48. The number of imidazole rings is 1. The van der Waals surface area contributed by atoms with Gasteiger partial charge in [0.05, 0.1) is 11.0 Å². The Hall–Kier alpha value is -2.90. The van der Waals surface area contributed by atoms with Crippen molar-refractivity contribution in [2.24, 2.45) is 5.73 Å². The molecule has 1 aromatic heterocycles. The fourth-order valence-electron chi connectivity index (χ4n) is 3.57. The molecule has 0 aliphatic carbocycles. The SMILES string of the molecule is Cc1cc(NC(=O)C(N)c2nc3ccc(Cl)cc3[nH]2)ccc1C(=O)N1CCCC1. The first-order valence-electron chi connectivity index (χ1n) is 9.54.